The standard InChI is InChI=1S/C17H20N2O3/c1-2-19-16(20)15(22-17(19)21)12-13-6-8-14(9-7-13)18-10-4-3-5-11-18/h6-9,12H,2-5,10-11H2,1H3/b15-12+. The minimum atomic E-state index is -0.594. The van der Waals surface area contributed by atoms with Crippen LogP contribution in [0.3, 0.4) is 0 Å². The molecule has 0 aliphatic carbocycles. The second kappa shape index (κ2) is 6.22. The summed E-state index contributed by atoms with van der Waals surface area (Å²) in [4.78, 5) is 26.9. The molecule has 1 aromatic rings. The fourth-order valence-corrected chi connectivity index (χ4v) is 2.86. The first-order chi connectivity index (χ1) is 10.7. The van der Waals surface area contributed by atoms with E-state index in [1.165, 1.54) is 24.9 Å². The van der Waals surface area contributed by atoms with Crippen molar-refractivity contribution in [3.8, 4) is 0 Å². The highest BCUT2D eigenvalue weighted by Crippen LogP contribution is 2.23. The lowest BCUT2D eigenvalue weighted by molar-refractivity contribution is -0.123. The third-order valence-corrected chi connectivity index (χ3v) is 4.10. The summed E-state index contributed by atoms with van der Waals surface area (Å²) in [5.74, 6) is -0.273. The molecular weight excluding hydrogens is 280 g/mol. The van der Waals surface area contributed by atoms with Crippen LogP contribution < -0.4 is 4.90 Å². The molecule has 2 aliphatic rings. The van der Waals surface area contributed by atoms with E-state index in [0.717, 1.165) is 23.6 Å². The van der Waals surface area contributed by atoms with Crippen LogP contribution in [0.4, 0.5) is 10.5 Å². The number of amides is 2. The van der Waals surface area contributed by atoms with E-state index >= 15 is 0 Å². The van der Waals surface area contributed by atoms with E-state index in [2.05, 4.69) is 17.0 Å². The molecule has 0 atom stereocenters. The van der Waals surface area contributed by atoms with Crippen LogP contribution >= 0.6 is 0 Å². The molecule has 1 aromatic carbocycles. The fourth-order valence-electron chi connectivity index (χ4n) is 2.86. The van der Waals surface area contributed by atoms with Gasteiger partial charge in [-0.3, -0.25) is 4.79 Å². The minimum Gasteiger partial charge on any atom is -0.404 e. The molecule has 0 bridgehead atoms. The molecule has 0 saturated carbocycles. The number of piperidine rings is 1. The number of likely N-dealkylation sites (N-methyl/N-ethyl adjacent to an activating group) is 1. The molecule has 0 spiro atoms. The van der Waals surface area contributed by atoms with Gasteiger partial charge in [-0.15, -0.1) is 0 Å². The van der Waals surface area contributed by atoms with E-state index < -0.39 is 6.09 Å². The highest BCUT2D eigenvalue weighted by molar-refractivity contribution is 6.09. The normalized spacial score (nSPS) is 20.7. The predicted molar refractivity (Wildman–Crippen MR) is 84.4 cm³/mol. The lowest BCUT2D eigenvalue weighted by Crippen LogP contribution is -2.29. The largest absolute Gasteiger partial charge is 0.422 e. The number of cyclic esters (lactones) is 1. The first-order valence-electron chi connectivity index (χ1n) is 7.79. The van der Waals surface area contributed by atoms with Gasteiger partial charge in [0.05, 0.1) is 0 Å². The van der Waals surface area contributed by atoms with Crippen LogP contribution in [0.2, 0.25) is 0 Å². The quantitative estimate of drug-likeness (QED) is 0.805. The van der Waals surface area contributed by atoms with Crippen molar-refractivity contribution in [2.75, 3.05) is 24.5 Å². The van der Waals surface area contributed by atoms with Gasteiger partial charge in [0.1, 0.15) is 0 Å². The van der Waals surface area contributed by atoms with Crippen molar-refractivity contribution in [1.82, 2.24) is 4.90 Å². The number of ether oxygens (including phenoxy) is 1. The Morgan fingerprint density at radius 3 is 2.36 bits per heavy atom. The lowest BCUT2D eigenvalue weighted by Gasteiger charge is -2.28. The van der Waals surface area contributed by atoms with Crippen LogP contribution in [0.1, 0.15) is 31.7 Å². The Hall–Kier alpha value is -2.30. The van der Waals surface area contributed by atoms with Crippen molar-refractivity contribution >= 4 is 23.8 Å². The van der Waals surface area contributed by atoms with Gasteiger partial charge in [-0.25, -0.2) is 9.69 Å². The topological polar surface area (TPSA) is 49.9 Å². The molecule has 5 nitrogen and oxygen atoms in total. The van der Waals surface area contributed by atoms with Gasteiger partial charge < -0.3 is 9.64 Å². The number of carbonyl (C=O) groups is 2. The third kappa shape index (κ3) is 2.84. The summed E-state index contributed by atoms with van der Waals surface area (Å²) < 4.78 is 5.02. The Balaban J connectivity index is 1.74. The number of hydrogen-bond donors (Lipinski definition) is 0. The molecule has 0 radical (unpaired) electrons. The van der Waals surface area contributed by atoms with Gasteiger partial charge in [-0.2, -0.15) is 0 Å². The summed E-state index contributed by atoms with van der Waals surface area (Å²) in [5, 5.41) is 0. The van der Waals surface area contributed by atoms with Gasteiger partial charge in [0.2, 0.25) is 0 Å². The molecule has 3 rings (SSSR count). The highest BCUT2D eigenvalue weighted by Gasteiger charge is 2.35. The summed E-state index contributed by atoms with van der Waals surface area (Å²) in [6, 6.07) is 8.01. The lowest BCUT2D eigenvalue weighted by atomic mass is 10.1. The van der Waals surface area contributed by atoms with Crippen LogP contribution in [-0.2, 0) is 9.53 Å². The maximum Gasteiger partial charge on any atom is 0.422 e. The number of imide groups is 1. The molecule has 22 heavy (non-hydrogen) atoms. The summed E-state index contributed by atoms with van der Waals surface area (Å²) >= 11 is 0. The molecule has 2 amide bonds. The maximum atomic E-state index is 12.0. The molecule has 0 N–H and O–H groups in total. The zero-order chi connectivity index (χ0) is 15.5. The van der Waals surface area contributed by atoms with Gasteiger partial charge >= 0.3 is 6.09 Å². The van der Waals surface area contributed by atoms with Crippen molar-refractivity contribution < 1.29 is 14.3 Å². The molecule has 116 valence electrons. The van der Waals surface area contributed by atoms with E-state index in [1.54, 1.807) is 13.0 Å². The third-order valence-electron chi connectivity index (χ3n) is 4.10. The van der Waals surface area contributed by atoms with E-state index in [-0.39, 0.29) is 11.7 Å². The zero-order valence-corrected chi connectivity index (χ0v) is 12.7. The van der Waals surface area contributed by atoms with Crippen LogP contribution in [0, 0.1) is 0 Å². The Bertz CT molecular complexity index is 601. The van der Waals surface area contributed by atoms with Crippen molar-refractivity contribution in [2.24, 2.45) is 0 Å². The number of hydrogen-bond acceptors (Lipinski definition) is 4. The number of carbonyl (C=O) groups excluding carboxylic acids is 2. The second-order valence-corrected chi connectivity index (χ2v) is 5.57. The molecule has 2 saturated heterocycles. The molecule has 0 aromatic heterocycles. The predicted octanol–water partition coefficient (Wildman–Crippen LogP) is 3.02. The van der Waals surface area contributed by atoms with E-state index in [9.17, 15) is 9.59 Å². The second-order valence-electron chi connectivity index (χ2n) is 5.57. The summed E-state index contributed by atoms with van der Waals surface area (Å²) in [6.07, 6.45) is 4.81. The molecule has 5 heteroatoms. The Labute approximate surface area is 130 Å². The number of nitrogens with zero attached hydrogens (tertiary/aromatic N) is 2. The SMILES string of the molecule is CCN1C(=O)O/C(=C/c2ccc(N3CCCCC3)cc2)C1=O. The number of rotatable bonds is 3. The van der Waals surface area contributed by atoms with Crippen LogP contribution in [0.5, 0.6) is 0 Å². The Kier molecular flexibility index (Phi) is 4.13. The maximum absolute atomic E-state index is 12.0. The molecule has 0 unspecified atom stereocenters. The first kappa shape index (κ1) is 14.6. The van der Waals surface area contributed by atoms with Crippen LogP contribution in [0.15, 0.2) is 30.0 Å². The Morgan fingerprint density at radius 2 is 1.77 bits per heavy atom. The minimum absolute atomic E-state index is 0.0950. The van der Waals surface area contributed by atoms with Gasteiger partial charge in [0.25, 0.3) is 5.91 Å². The fraction of sp³-hybridized carbons (Fsp3) is 0.412. The summed E-state index contributed by atoms with van der Waals surface area (Å²) in [5.41, 5.74) is 2.06. The summed E-state index contributed by atoms with van der Waals surface area (Å²) in [7, 11) is 0. The molecule has 2 aliphatic heterocycles. The smallest absolute Gasteiger partial charge is 0.404 e. The van der Waals surface area contributed by atoms with Crippen LogP contribution in [-0.4, -0.2) is 36.5 Å². The zero-order valence-electron chi connectivity index (χ0n) is 12.7. The van der Waals surface area contributed by atoms with Gasteiger partial charge in [-0.05, 0) is 50.0 Å². The van der Waals surface area contributed by atoms with Gasteiger partial charge in [-0.1, -0.05) is 12.1 Å². The van der Waals surface area contributed by atoms with Crippen molar-refractivity contribution in [1.29, 1.82) is 0 Å². The molecule has 2 fully saturated rings. The van der Waals surface area contributed by atoms with Gasteiger partial charge in [0, 0.05) is 25.3 Å². The van der Waals surface area contributed by atoms with Crippen LogP contribution in [0.25, 0.3) is 6.08 Å². The monoisotopic (exact) mass is 300 g/mol. The Morgan fingerprint density at radius 1 is 1.09 bits per heavy atom. The van der Waals surface area contributed by atoms with Gasteiger partial charge in [0.15, 0.2) is 5.76 Å². The van der Waals surface area contributed by atoms with E-state index in [1.807, 2.05) is 12.1 Å². The van der Waals surface area contributed by atoms with Crippen molar-refractivity contribution in [3.63, 3.8) is 0 Å². The average Bonchev–Trinajstić information content (AvgIpc) is 2.82. The average molecular weight is 300 g/mol. The molecular formula is C17H20N2O3. The summed E-state index contributed by atoms with van der Waals surface area (Å²) in [6.45, 7) is 4.27. The van der Waals surface area contributed by atoms with E-state index in [0.29, 0.717) is 6.54 Å². The van der Waals surface area contributed by atoms with Crippen molar-refractivity contribution in [3.05, 3.63) is 35.6 Å². The van der Waals surface area contributed by atoms with Crippen molar-refractivity contribution in [2.45, 2.75) is 26.2 Å². The highest BCUT2D eigenvalue weighted by atomic mass is 16.6. The van der Waals surface area contributed by atoms with E-state index in [4.69, 9.17) is 4.74 Å². The molecule has 2 heterocycles. The number of benzene rings is 1. The first-order valence-corrected chi connectivity index (χ1v) is 7.79. The number of anilines is 1.